The van der Waals surface area contributed by atoms with Gasteiger partial charge in [0.2, 0.25) is 0 Å². The van der Waals surface area contributed by atoms with Crippen LogP contribution in [0.3, 0.4) is 0 Å². The fraction of sp³-hybridized carbons (Fsp3) is 0.100. The van der Waals surface area contributed by atoms with E-state index in [1.54, 1.807) is 11.3 Å². The first-order valence-corrected chi connectivity index (χ1v) is 4.83. The van der Waals surface area contributed by atoms with Gasteiger partial charge in [-0.15, -0.1) is 11.4 Å². The Bertz CT molecular complexity index is 417. The molecule has 0 spiro atoms. The average molecular weight is 382 g/mol. The second-order valence-corrected chi connectivity index (χ2v) is 3.58. The predicted molar refractivity (Wildman–Crippen MR) is 55.4 cm³/mol. The monoisotopic (exact) mass is 383 g/mol. The van der Waals surface area contributed by atoms with Gasteiger partial charge in [0.1, 0.15) is 18.1 Å². The molecule has 0 saturated carbocycles. The SMILES string of the molecule is C=C(c1[c-]scc1)n1ccn(C)[cH+]1.[Ir]. The first-order chi connectivity index (χ1) is 6.27. The Morgan fingerprint density at radius 3 is 2.86 bits per heavy atom. The van der Waals surface area contributed by atoms with Crippen molar-refractivity contribution < 1.29 is 20.1 Å². The molecule has 1 radical (unpaired) electrons. The van der Waals surface area contributed by atoms with Crippen LogP contribution >= 0.6 is 11.3 Å². The van der Waals surface area contributed by atoms with Crippen LogP contribution in [0.5, 0.6) is 0 Å². The summed E-state index contributed by atoms with van der Waals surface area (Å²) >= 11 is 1.56. The predicted octanol–water partition coefficient (Wildman–Crippen LogP) is 2.49. The second kappa shape index (κ2) is 4.69. The molecule has 2 nitrogen and oxygen atoms in total. The molecule has 0 bridgehead atoms. The molecule has 0 N–H and O–H groups in total. The van der Waals surface area contributed by atoms with Gasteiger partial charge in [-0.25, -0.2) is 0 Å². The molecule has 0 aliphatic carbocycles. The van der Waals surface area contributed by atoms with Gasteiger partial charge in [-0.1, -0.05) is 5.38 Å². The van der Waals surface area contributed by atoms with E-state index in [2.05, 4.69) is 12.0 Å². The molecule has 2 rings (SSSR count). The van der Waals surface area contributed by atoms with Crippen LogP contribution in [0, 0.1) is 5.38 Å². The molecule has 0 aromatic carbocycles. The third-order valence-corrected chi connectivity index (χ3v) is 2.47. The maximum atomic E-state index is 4.01. The van der Waals surface area contributed by atoms with Gasteiger partial charge in [0.25, 0.3) is 0 Å². The summed E-state index contributed by atoms with van der Waals surface area (Å²) in [5.74, 6) is 0. The fourth-order valence-corrected chi connectivity index (χ4v) is 1.72. The van der Waals surface area contributed by atoms with Crippen molar-refractivity contribution in [3.05, 3.63) is 47.7 Å². The maximum Gasteiger partial charge on any atom is 0.166 e. The zero-order chi connectivity index (χ0) is 9.26. The number of thiophene rings is 1. The Kier molecular flexibility index (Phi) is 3.81. The zero-order valence-corrected chi connectivity index (χ0v) is 10.9. The van der Waals surface area contributed by atoms with E-state index in [-0.39, 0.29) is 20.1 Å². The largest absolute Gasteiger partial charge is 0.263 e. The summed E-state index contributed by atoms with van der Waals surface area (Å²) in [5.41, 5.74) is 2.02. The van der Waals surface area contributed by atoms with E-state index in [0.29, 0.717) is 0 Å². The fourth-order valence-electron chi connectivity index (χ4n) is 1.14. The number of nitrogens with zero attached hydrogens (tertiary/aromatic N) is 2. The zero-order valence-electron chi connectivity index (χ0n) is 7.73. The molecule has 0 fully saturated rings. The van der Waals surface area contributed by atoms with Crippen LogP contribution in [0.2, 0.25) is 0 Å². The third-order valence-electron chi connectivity index (χ3n) is 1.86. The smallest absolute Gasteiger partial charge is 0.166 e. The van der Waals surface area contributed by atoms with Crippen LogP contribution < -0.4 is 0 Å². The number of imidazole rings is 1. The molecule has 14 heavy (non-hydrogen) atoms. The second-order valence-electron chi connectivity index (χ2n) is 2.87. The molecule has 2 aromatic heterocycles. The van der Waals surface area contributed by atoms with Crippen LogP contribution in [0.1, 0.15) is 5.56 Å². The van der Waals surface area contributed by atoms with E-state index >= 15 is 0 Å². The van der Waals surface area contributed by atoms with Gasteiger partial charge in [0, 0.05) is 27.2 Å². The summed E-state index contributed by atoms with van der Waals surface area (Å²) in [6, 6.07) is 2.02. The topological polar surface area (TPSA) is 9.86 Å². The van der Waals surface area contributed by atoms with Crippen LogP contribution in [-0.2, 0) is 27.2 Å². The quantitative estimate of drug-likeness (QED) is 0.707. The summed E-state index contributed by atoms with van der Waals surface area (Å²) in [5, 5.41) is 5.16. The number of aromatic nitrogens is 2. The molecule has 4 heteroatoms. The van der Waals surface area contributed by atoms with Crippen molar-refractivity contribution in [2.24, 2.45) is 7.05 Å². The van der Waals surface area contributed by atoms with E-state index in [1.165, 1.54) is 0 Å². The number of rotatable bonds is 2. The molecule has 75 valence electrons. The first kappa shape index (κ1) is 11.4. The van der Waals surface area contributed by atoms with Gasteiger partial charge in [-0.05, 0) is 12.1 Å². The Labute approximate surface area is 101 Å². The van der Waals surface area contributed by atoms with Crippen molar-refractivity contribution in [2.45, 2.75) is 0 Å². The normalized spacial score (nSPS) is 9.50. The molecule has 0 saturated heterocycles. The summed E-state index contributed by atoms with van der Waals surface area (Å²) in [6.45, 7) is 4.01. The molecule has 0 amide bonds. The van der Waals surface area contributed by atoms with Gasteiger partial charge in [-0.2, -0.15) is 4.57 Å². The molecule has 2 aromatic rings. The standard InChI is InChI=1S/C10H10N2S.Ir/c1-9(10-3-6-13-7-10)12-5-4-11(2)8-12;/h3-6,8H,1H2,2H3;. The summed E-state index contributed by atoms with van der Waals surface area (Å²) in [4.78, 5) is 0. The van der Waals surface area contributed by atoms with E-state index in [0.717, 1.165) is 11.3 Å². The van der Waals surface area contributed by atoms with E-state index in [4.69, 9.17) is 0 Å². The van der Waals surface area contributed by atoms with Crippen molar-refractivity contribution in [1.82, 2.24) is 9.13 Å². The van der Waals surface area contributed by atoms with Crippen molar-refractivity contribution in [1.29, 1.82) is 0 Å². The molecular formula is C10H10IrN2S. The molecule has 2 heterocycles. The van der Waals surface area contributed by atoms with E-state index < -0.39 is 0 Å². The average Bonchev–Trinajstić information content (AvgIpc) is 2.72. The molecule has 0 atom stereocenters. The Balaban J connectivity index is 0.000000980. The number of aryl methyl sites for hydroxylation is 1. The Morgan fingerprint density at radius 2 is 2.36 bits per heavy atom. The maximum absolute atomic E-state index is 4.01. The van der Waals surface area contributed by atoms with Crippen molar-refractivity contribution in [3.8, 4) is 0 Å². The molecule has 0 aliphatic heterocycles. The van der Waals surface area contributed by atoms with Gasteiger partial charge < -0.3 is 0 Å². The third kappa shape index (κ3) is 2.21. The minimum Gasteiger partial charge on any atom is -0.263 e. The van der Waals surface area contributed by atoms with Crippen molar-refractivity contribution in [3.63, 3.8) is 0 Å². The van der Waals surface area contributed by atoms with Crippen LogP contribution in [0.15, 0.2) is 36.7 Å². The van der Waals surface area contributed by atoms with Gasteiger partial charge in [0.05, 0.1) is 0 Å². The first-order valence-electron chi connectivity index (χ1n) is 3.95. The van der Waals surface area contributed by atoms with E-state index in [1.807, 2.05) is 46.3 Å². The summed E-state index contributed by atoms with van der Waals surface area (Å²) in [6.07, 6.45) is 5.94. The van der Waals surface area contributed by atoms with Crippen LogP contribution in [0.4, 0.5) is 0 Å². The minimum absolute atomic E-state index is 0. The van der Waals surface area contributed by atoms with Crippen LogP contribution in [-0.4, -0.2) is 9.13 Å². The molecule has 0 unspecified atom stereocenters. The molecular weight excluding hydrogens is 372 g/mol. The van der Waals surface area contributed by atoms with Gasteiger partial charge >= 0.3 is 0 Å². The van der Waals surface area contributed by atoms with Crippen LogP contribution in [0.25, 0.3) is 5.70 Å². The summed E-state index contributed by atoms with van der Waals surface area (Å²) < 4.78 is 3.97. The Morgan fingerprint density at radius 1 is 1.57 bits per heavy atom. The summed E-state index contributed by atoms with van der Waals surface area (Å²) in [7, 11) is 1.99. The van der Waals surface area contributed by atoms with E-state index in [9.17, 15) is 0 Å². The Hall–Kier alpha value is -0.701. The number of hydrogen-bond donors (Lipinski definition) is 0. The van der Waals surface area contributed by atoms with Crippen molar-refractivity contribution >= 4 is 17.0 Å². The van der Waals surface area contributed by atoms with Crippen molar-refractivity contribution in [2.75, 3.05) is 0 Å². The minimum atomic E-state index is 0. The number of hydrogen-bond acceptors (Lipinski definition) is 1. The van der Waals surface area contributed by atoms with Gasteiger partial charge in [0.15, 0.2) is 6.33 Å². The van der Waals surface area contributed by atoms with Gasteiger partial charge in [-0.3, -0.25) is 15.9 Å². The molecule has 0 aliphatic rings.